The molecule has 3 aromatic heterocycles. The van der Waals surface area contributed by atoms with Gasteiger partial charge in [-0.25, -0.2) is 14.6 Å². The Bertz CT molecular complexity index is 1000. The summed E-state index contributed by atoms with van der Waals surface area (Å²) in [6.45, 7) is 7.83. The van der Waals surface area contributed by atoms with Crippen molar-refractivity contribution < 1.29 is 9.21 Å². The first kappa shape index (κ1) is 19.3. The van der Waals surface area contributed by atoms with Gasteiger partial charge in [0, 0.05) is 44.1 Å². The molecule has 0 radical (unpaired) electrons. The number of anilines is 1. The standard InChI is InChI=1S/C20H25N7O2/c1-14-6-7-21-27(14)18-12-17(23-20(24-18)16-5-4-15(2)29-16)22-19(28)13-26-10-8-25(3)9-11-26/h4-7,12H,8-11,13H2,1-3H3,(H,22,23,24,28). The van der Waals surface area contributed by atoms with E-state index in [1.807, 2.05) is 32.0 Å². The van der Waals surface area contributed by atoms with E-state index in [-0.39, 0.29) is 5.91 Å². The Labute approximate surface area is 169 Å². The average molecular weight is 395 g/mol. The quantitative estimate of drug-likeness (QED) is 0.703. The molecule has 1 amide bonds. The van der Waals surface area contributed by atoms with E-state index in [0.29, 0.717) is 29.8 Å². The van der Waals surface area contributed by atoms with Crippen LogP contribution < -0.4 is 5.32 Å². The highest BCUT2D eigenvalue weighted by Gasteiger charge is 2.18. The summed E-state index contributed by atoms with van der Waals surface area (Å²) >= 11 is 0. The molecule has 0 atom stereocenters. The molecular formula is C20H25N7O2. The van der Waals surface area contributed by atoms with Crippen molar-refractivity contribution in [3.63, 3.8) is 0 Å². The second-order valence-corrected chi connectivity index (χ2v) is 7.36. The largest absolute Gasteiger partial charge is 0.458 e. The number of rotatable bonds is 5. The second-order valence-electron chi connectivity index (χ2n) is 7.36. The van der Waals surface area contributed by atoms with Crippen molar-refractivity contribution in [2.24, 2.45) is 0 Å². The maximum atomic E-state index is 12.6. The van der Waals surface area contributed by atoms with Crippen LogP contribution in [0.15, 0.2) is 34.9 Å². The van der Waals surface area contributed by atoms with E-state index in [2.05, 4.69) is 37.2 Å². The van der Waals surface area contributed by atoms with Crippen molar-refractivity contribution in [1.29, 1.82) is 0 Å². The lowest BCUT2D eigenvalue weighted by Crippen LogP contribution is -2.47. The lowest BCUT2D eigenvalue weighted by Gasteiger charge is -2.31. The molecule has 1 aliphatic heterocycles. The molecule has 0 spiro atoms. The van der Waals surface area contributed by atoms with Gasteiger partial charge in [-0.15, -0.1) is 0 Å². The smallest absolute Gasteiger partial charge is 0.239 e. The number of nitrogens with zero attached hydrogens (tertiary/aromatic N) is 6. The SMILES string of the molecule is Cc1ccc(-c2nc(NC(=O)CN3CCN(C)CC3)cc(-n3nccc3C)n2)o1. The lowest BCUT2D eigenvalue weighted by atomic mass is 10.3. The summed E-state index contributed by atoms with van der Waals surface area (Å²) in [4.78, 5) is 26.1. The molecule has 29 heavy (non-hydrogen) atoms. The van der Waals surface area contributed by atoms with E-state index in [1.54, 1.807) is 16.9 Å². The van der Waals surface area contributed by atoms with Crippen molar-refractivity contribution in [1.82, 2.24) is 29.5 Å². The predicted octanol–water partition coefficient (Wildman–Crippen LogP) is 1.73. The molecule has 0 unspecified atom stereocenters. The van der Waals surface area contributed by atoms with Gasteiger partial charge in [0.05, 0.1) is 6.54 Å². The van der Waals surface area contributed by atoms with Crippen LogP contribution in [0.4, 0.5) is 5.82 Å². The predicted molar refractivity (Wildman–Crippen MR) is 109 cm³/mol. The van der Waals surface area contributed by atoms with E-state index in [4.69, 9.17) is 4.42 Å². The first-order valence-corrected chi connectivity index (χ1v) is 9.65. The minimum absolute atomic E-state index is 0.0991. The van der Waals surface area contributed by atoms with Crippen LogP contribution >= 0.6 is 0 Å². The van der Waals surface area contributed by atoms with Crippen LogP contribution in [0.5, 0.6) is 0 Å². The number of amides is 1. The van der Waals surface area contributed by atoms with Crippen LogP contribution in [0.25, 0.3) is 17.4 Å². The van der Waals surface area contributed by atoms with Gasteiger partial charge >= 0.3 is 0 Å². The molecule has 4 heterocycles. The number of furan rings is 1. The van der Waals surface area contributed by atoms with Gasteiger partial charge in [-0.1, -0.05) is 0 Å². The molecule has 0 saturated carbocycles. The molecule has 152 valence electrons. The van der Waals surface area contributed by atoms with E-state index in [9.17, 15) is 4.79 Å². The molecule has 3 aromatic rings. The number of hydrogen-bond donors (Lipinski definition) is 1. The van der Waals surface area contributed by atoms with Gasteiger partial charge in [-0.05, 0) is 39.1 Å². The van der Waals surface area contributed by atoms with Crippen molar-refractivity contribution in [2.45, 2.75) is 13.8 Å². The van der Waals surface area contributed by atoms with Gasteiger partial charge < -0.3 is 14.6 Å². The number of likely N-dealkylation sites (N-methyl/N-ethyl adjacent to an activating group) is 1. The summed E-state index contributed by atoms with van der Waals surface area (Å²) in [5, 5.41) is 7.23. The number of carbonyl (C=O) groups excluding carboxylic acids is 1. The number of aromatic nitrogens is 4. The first-order valence-electron chi connectivity index (χ1n) is 9.65. The number of carbonyl (C=O) groups is 1. The normalized spacial score (nSPS) is 15.6. The highest BCUT2D eigenvalue weighted by Crippen LogP contribution is 2.22. The third-order valence-corrected chi connectivity index (χ3v) is 4.95. The molecule has 1 N–H and O–H groups in total. The summed E-state index contributed by atoms with van der Waals surface area (Å²) in [5.41, 5.74) is 0.931. The molecule has 1 saturated heterocycles. The fraction of sp³-hybridized carbons (Fsp3) is 0.400. The first-order chi connectivity index (χ1) is 14.0. The van der Waals surface area contributed by atoms with E-state index < -0.39 is 0 Å². The molecule has 0 aromatic carbocycles. The summed E-state index contributed by atoms with van der Waals surface area (Å²) in [5.74, 6) is 2.61. The van der Waals surface area contributed by atoms with Gasteiger partial charge in [-0.3, -0.25) is 9.69 Å². The van der Waals surface area contributed by atoms with Crippen LogP contribution in [-0.2, 0) is 4.79 Å². The Morgan fingerprint density at radius 1 is 1.14 bits per heavy atom. The third-order valence-electron chi connectivity index (χ3n) is 4.95. The number of nitrogens with one attached hydrogen (secondary N) is 1. The van der Waals surface area contributed by atoms with Gasteiger partial charge in [-0.2, -0.15) is 5.10 Å². The van der Waals surface area contributed by atoms with Gasteiger partial charge in [0.25, 0.3) is 0 Å². The maximum absolute atomic E-state index is 12.6. The fourth-order valence-electron chi connectivity index (χ4n) is 3.27. The van der Waals surface area contributed by atoms with Gasteiger partial charge in [0.15, 0.2) is 17.4 Å². The molecule has 1 aliphatic rings. The van der Waals surface area contributed by atoms with Crippen LogP contribution in [-0.4, -0.2) is 75.2 Å². The van der Waals surface area contributed by atoms with Crippen molar-refractivity contribution in [3.05, 3.63) is 41.9 Å². The van der Waals surface area contributed by atoms with Crippen LogP contribution in [0, 0.1) is 13.8 Å². The van der Waals surface area contributed by atoms with Gasteiger partial charge in [0.2, 0.25) is 5.91 Å². The zero-order valence-electron chi connectivity index (χ0n) is 16.9. The monoisotopic (exact) mass is 395 g/mol. The second kappa shape index (κ2) is 8.14. The highest BCUT2D eigenvalue weighted by molar-refractivity contribution is 5.91. The average Bonchev–Trinajstić information content (AvgIpc) is 3.31. The minimum Gasteiger partial charge on any atom is -0.458 e. The Morgan fingerprint density at radius 2 is 1.93 bits per heavy atom. The van der Waals surface area contributed by atoms with E-state index >= 15 is 0 Å². The molecule has 0 aliphatic carbocycles. The third kappa shape index (κ3) is 4.52. The van der Waals surface area contributed by atoms with Crippen molar-refractivity contribution in [2.75, 3.05) is 45.1 Å². The summed E-state index contributed by atoms with van der Waals surface area (Å²) in [7, 11) is 2.09. The highest BCUT2D eigenvalue weighted by atomic mass is 16.3. The molecule has 9 nitrogen and oxygen atoms in total. The number of aryl methyl sites for hydroxylation is 2. The lowest BCUT2D eigenvalue weighted by molar-refractivity contribution is -0.117. The van der Waals surface area contributed by atoms with Gasteiger partial charge in [0.1, 0.15) is 11.6 Å². The fourth-order valence-corrected chi connectivity index (χ4v) is 3.27. The van der Waals surface area contributed by atoms with E-state index in [1.165, 1.54) is 0 Å². The number of hydrogen-bond acceptors (Lipinski definition) is 7. The summed E-state index contributed by atoms with van der Waals surface area (Å²) in [6.07, 6.45) is 1.71. The molecular weight excluding hydrogens is 370 g/mol. The topological polar surface area (TPSA) is 92.3 Å². The maximum Gasteiger partial charge on any atom is 0.239 e. The van der Waals surface area contributed by atoms with E-state index in [0.717, 1.165) is 37.6 Å². The van der Waals surface area contributed by atoms with Crippen molar-refractivity contribution in [3.8, 4) is 17.4 Å². The minimum atomic E-state index is -0.0991. The summed E-state index contributed by atoms with van der Waals surface area (Å²) < 4.78 is 7.39. The molecule has 4 rings (SSSR count). The molecule has 1 fully saturated rings. The molecule has 9 heteroatoms. The van der Waals surface area contributed by atoms with Crippen LogP contribution in [0.1, 0.15) is 11.5 Å². The zero-order chi connectivity index (χ0) is 20.4. The molecule has 0 bridgehead atoms. The Morgan fingerprint density at radius 3 is 2.59 bits per heavy atom. The Hall–Kier alpha value is -3.04. The van der Waals surface area contributed by atoms with Crippen LogP contribution in [0.2, 0.25) is 0 Å². The Kier molecular flexibility index (Phi) is 5.41. The van der Waals surface area contributed by atoms with Crippen LogP contribution in [0.3, 0.4) is 0 Å². The number of piperazine rings is 1. The summed E-state index contributed by atoms with van der Waals surface area (Å²) in [6, 6.07) is 7.29. The van der Waals surface area contributed by atoms with Crippen molar-refractivity contribution >= 4 is 11.7 Å². The zero-order valence-corrected chi connectivity index (χ0v) is 16.9. The Balaban J connectivity index is 1.58.